The summed E-state index contributed by atoms with van der Waals surface area (Å²) in [4.78, 5) is 4.29. The van der Waals surface area contributed by atoms with Gasteiger partial charge in [-0.15, -0.1) is 0 Å². The van der Waals surface area contributed by atoms with Crippen LogP contribution in [-0.2, 0) is 0 Å². The van der Waals surface area contributed by atoms with Crippen molar-refractivity contribution in [1.82, 2.24) is 4.98 Å². The number of pyridine rings is 1. The quantitative estimate of drug-likeness (QED) is 0.654. The average Bonchev–Trinajstić information content (AvgIpc) is 2.21. The molecular weight excluding hydrogens is 170 g/mol. The van der Waals surface area contributed by atoms with Crippen LogP contribution in [-0.4, -0.2) is 4.98 Å². The monoisotopic (exact) mass is 185 g/mol. The maximum atomic E-state index is 4.29. The number of hydrogen-bond donors (Lipinski definition) is 0. The first kappa shape index (κ1) is 10.5. The van der Waals surface area contributed by atoms with E-state index in [1.54, 1.807) is 0 Å². The second-order valence-corrected chi connectivity index (χ2v) is 2.86. The molecule has 1 aromatic rings. The molecule has 0 atom stereocenters. The van der Waals surface area contributed by atoms with E-state index in [4.69, 9.17) is 0 Å². The predicted octanol–water partition coefficient (Wildman–Crippen LogP) is 3.70. The van der Waals surface area contributed by atoms with Gasteiger partial charge in [0.15, 0.2) is 0 Å². The van der Waals surface area contributed by atoms with Gasteiger partial charge in [-0.1, -0.05) is 36.4 Å². The van der Waals surface area contributed by atoms with Crippen LogP contribution in [0, 0.1) is 0 Å². The van der Waals surface area contributed by atoms with Gasteiger partial charge in [0.05, 0.1) is 5.69 Å². The lowest BCUT2D eigenvalue weighted by atomic mass is 10.1. The number of aromatic nitrogens is 1. The molecule has 14 heavy (non-hydrogen) atoms. The summed E-state index contributed by atoms with van der Waals surface area (Å²) in [6.45, 7) is 3.99. The SMILES string of the molecule is C/C=C\c1ncccc1/C=C\C=C\C. The summed E-state index contributed by atoms with van der Waals surface area (Å²) in [6.07, 6.45) is 13.9. The van der Waals surface area contributed by atoms with Gasteiger partial charge in [0.2, 0.25) is 0 Å². The molecule has 0 aromatic carbocycles. The Kier molecular flexibility index (Phi) is 4.42. The Balaban J connectivity index is 2.95. The van der Waals surface area contributed by atoms with Crippen LogP contribution in [0.25, 0.3) is 12.2 Å². The van der Waals surface area contributed by atoms with Crippen LogP contribution in [0.5, 0.6) is 0 Å². The van der Waals surface area contributed by atoms with Gasteiger partial charge in [-0.25, -0.2) is 0 Å². The number of allylic oxidation sites excluding steroid dienone is 4. The van der Waals surface area contributed by atoms with Crippen molar-refractivity contribution in [1.29, 1.82) is 0 Å². The summed E-state index contributed by atoms with van der Waals surface area (Å²) in [5.74, 6) is 0. The highest BCUT2D eigenvalue weighted by Gasteiger charge is 1.93. The van der Waals surface area contributed by atoms with E-state index >= 15 is 0 Å². The largest absolute Gasteiger partial charge is 0.256 e. The normalized spacial score (nSPS) is 12.1. The van der Waals surface area contributed by atoms with Crippen LogP contribution >= 0.6 is 0 Å². The lowest BCUT2D eigenvalue weighted by Crippen LogP contribution is -1.83. The van der Waals surface area contributed by atoms with Crippen LogP contribution in [0.3, 0.4) is 0 Å². The molecule has 1 aromatic heterocycles. The molecule has 0 aliphatic carbocycles. The second kappa shape index (κ2) is 5.92. The minimum Gasteiger partial charge on any atom is -0.256 e. The van der Waals surface area contributed by atoms with E-state index in [2.05, 4.69) is 17.1 Å². The predicted molar refractivity (Wildman–Crippen MR) is 62.8 cm³/mol. The molecule has 1 rings (SSSR count). The summed E-state index contributed by atoms with van der Waals surface area (Å²) in [5.41, 5.74) is 2.15. The van der Waals surface area contributed by atoms with Crippen molar-refractivity contribution in [3.05, 3.63) is 53.9 Å². The fraction of sp³-hybridized carbons (Fsp3) is 0.154. The molecule has 0 radical (unpaired) electrons. The van der Waals surface area contributed by atoms with Crippen molar-refractivity contribution in [3.8, 4) is 0 Å². The third-order valence-electron chi connectivity index (χ3n) is 1.78. The summed E-state index contributed by atoms with van der Waals surface area (Å²) >= 11 is 0. The fourth-order valence-corrected chi connectivity index (χ4v) is 1.14. The third kappa shape index (κ3) is 3.02. The third-order valence-corrected chi connectivity index (χ3v) is 1.78. The van der Waals surface area contributed by atoms with E-state index in [0.717, 1.165) is 11.3 Å². The highest BCUT2D eigenvalue weighted by molar-refractivity contribution is 5.62. The van der Waals surface area contributed by atoms with Gasteiger partial charge >= 0.3 is 0 Å². The Morgan fingerprint density at radius 1 is 1.07 bits per heavy atom. The van der Waals surface area contributed by atoms with E-state index in [9.17, 15) is 0 Å². The average molecular weight is 185 g/mol. The van der Waals surface area contributed by atoms with Crippen LogP contribution in [0.2, 0.25) is 0 Å². The van der Waals surface area contributed by atoms with E-state index in [1.165, 1.54) is 0 Å². The van der Waals surface area contributed by atoms with Crippen LogP contribution in [0.15, 0.2) is 42.6 Å². The van der Waals surface area contributed by atoms with E-state index in [1.807, 2.05) is 56.5 Å². The molecule has 0 aliphatic heterocycles. The van der Waals surface area contributed by atoms with E-state index in [-0.39, 0.29) is 0 Å². The standard InChI is InChI=1S/C13H15N/c1-3-5-6-9-12-10-7-11-14-13(12)8-4-2/h3-11H,1-2H3/b5-3+,8-4-,9-6-. The van der Waals surface area contributed by atoms with E-state index in [0.29, 0.717) is 0 Å². The zero-order chi connectivity index (χ0) is 10.2. The van der Waals surface area contributed by atoms with Crippen molar-refractivity contribution >= 4 is 12.2 Å². The first-order valence-corrected chi connectivity index (χ1v) is 4.75. The molecule has 0 aliphatic rings. The van der Waals surface area contributed by atoms with Crippen molar-refractivity contribution < 1.29 is 0 Å². The molecule has 0 saturated carbocycles. The van der Waals surface area contributed by atoms with Gasteiger partial charge in [0.25, 0.3) is 0 Å². The molecule has 0 spiro atoms. The second-order valence-electron chi connectivity index (χ2n) is 2.86. The summed E-state index contributed by atoms with van der Waals surface area (Å²) < 4.78 is 0. The molecule has 72 valence electrons. The zero-order valence-electron chi connectivity index (χ0n) is 8.64. The summed E-state index contributed by atoms with van der Waals surface area (Å²) in [7, 11) is 0. The maximum Gasteiger partial charge on any atom is 0.0698 e. The zero-order valence-corrected chi connectivity index (χ0v) is 8.64. The van der Waals surface area contributed by atoms with Gasteiger partial charge < -0.3 is 0 Å². The Hall–Kier alpha value is -1.63. The summed E-state index contributed by atoms with van der Waals surface area (Å²) in [6, 6.07) is 4.00. The van der Waals surface area contributed by atoms with Crippen molar-refractivity contribution in [2.24, 2.45) is 0 Å². The first-order chi connectivity index (χ1) is 6.88. The van der Waals surface area contributed by atoms with Crippen LogP contribution in [0.4, 0.5) is 0 Å². The minimum absolute atomic E-state index is 1.01. The van der Waals surface area contributed by atoms with Gasteiger partial charge in [-0.3, -0.25) is 4.98 Å². The highest BCUT2D eigenvalue weighted by Crippen LogP contribution is 2.09. The molecule has 0 amide bonds. The lowest BCUT2D eigenvalue weighted by Gasteiger charge is -1.97. The molecule has 1 heterocycles. The lowest BCUT2D eigenvalue weighted by molar-refractivity contribution is 1.28. The molecule has 1 nitrogen and oxygen atoms in total. The molecule has 0 saturated heterocycles. The number of nitrogens with zero attached hydrogens (tertiary/aromatic N) is 1. The Morgan fingerprint density at radius 2 is 1.93 bits per heavy atom. The maximum absolute atomic E-state index is 4.29. The Bertz CT molecular complexity index is 359. The van der Waals surface area contributed by atoms with E-state index < -0.39 is 0 Å². The molecule has 0 unspecified atom stereocenters. The van der Waals surface area contributed by atoms with Gasteiger partial charge in [0, 0.05) is 11.8 Å². The van der Waals surface area contributed by atoms with Crippen LogP contribution < -0.4 is 0 Å². The molecule has 0 fully saturated rings. The minimum atomic E-state index is 1.01. The number of hydrogen-bond acceptors (Lipinski definition) is 1. The molecule has 0 N–H and O–H groups in total. The Morgan fingerprint density at radius 3 is 2.64 bits per heavy atom. The van der Waals surface area contributed by atoms with Crippen molar-refractivity contribution in [2.45, 2.75) is 13.8 Å². The Labute approximate surface area is 85.5 Å². The van der Waals surface area contributed by atoms with Gasteiger partial charge in [-0.2, -0.15) is 0 Å². The fourth-order valence-electron chi connectivity index (χ4n) is 1.14. The molecule has 1 heteroatoms. The van der Waals surface area contributed by atoms with Crippen molar-refractivity contribution in [3.63, 3.8) is 0 Å². The van der Waals surface area contributed by atoms with Gasteiger partial charge in [0.1, 0.15) is 0 Å². The molecule has 0 bridgehead atoms. The molecular formula is C13H15N. The topological polar surface area (TPSA) is 12.9 Å². The smallest absolute Gasteiger partial charge is 0.0698 e. The van der Waals surface area contributed by atoms with Gasteiger partial charge in [-0.05, 0) is 26.0 Å². The first-order valence-electron chi connectivity index (χ1n) is 4.75. The summed E-state index contributed by atoms with van der Waals surface area (Å²) in [5, 5.41) is 0. The van der Waals surface area contributed by atoms with Crippen molar-refractivity contribution in [2.75, 3.05) is 0 Å². The highest BCUT2D eigenvalue weighted by atomic mass is 14.7. The van der Waals surface area contributed by atoms with Crippen LogP contribution in [0.1, 0.15) is 25.1 Å². The number of rotatable bonds is 3.